The molecule has 0 bridgehead atoms. The van der Waals surface area contributed by atoms with Crippen molar-refractivity contribution in [3.8, 4) is 0 Å². The van der Waals surface area contributed by atoms with E-state index in [9.17, 15) is 0 Å². The number of anilines is 2. The topological polar surface area (TPSA) is 27.3 Å². The highest BCUT2D eigenvalue weighted by Gasteiger charge is 2.12. The first-order valence-electron chi connectivity index (χ1n) is 7.78. The van der Waals surface area contributed by atoms with Crippen molar-refractivity contribution in [1.82, 2.24) is 5.32 Å². The number of nitrogens with one attached hydrogen (secondary N) is 2. The van der Waals surface area contributed by atoms with E-state index in [4.69, 9.17) is 0 Å². The standard InChI is InChI=1S/C18H23N3S/c1-14-4-3-5-16(12-14)22-18-7-6-15(13-17(18)19-2)21-10-8-20-9-11-21/h3-7,12-13,19-20H,8-11H2,1-2H3. The van der Waals surface area contributed by atoms with Crippen LogP contribution in [0.5, 0.6) is 0 Å². The van der Waals surface area contributed by atoms with Gasteiger partial charge in [0.25, 0.3) is 0 Å². The minimum atomic E-state index is 1.06. The number of hydrogen-bond acceptors (Lipinski definition) is 4. The molecule has 116 valence electrons. The molecule has 2 aromatic carbocycles. The van der Waals surface area contributed by atoms with Crippen molar-refractivity contribution in [2.24, 2.45) is 0 Å². The molecule has 2 N–H and O–H groups in total. The SMILES string of the molecule is CNc1cc(N2CCNCC2)ccc1Sc1cccc(C)c1. The van der Waals surface area contributed by atoms with Crippen LogP contribution >= 0.6 is 11.8 Å². The number of rotatable bonds is 4. The molecule has 0 aliphatic carbocycles. The monoisotopic (exact) mass is 313 g/mol. The van der Waals surface area contributed by atoms with Crippen LogP contribution in [0.25, 0.3) is 0 Å². The van der Waals surface area contributed by atoms with Crippen LogP contribution in [0.15, 0.2) is 52.3 Å². The maximum atomic E-state index is 3.40. The van der Waals surface area contributed by atoms with Gasteiger partial charge in [-0.05, 0) is 37.3 Å². The van der Waals surface area contributed by atoms with Gasteiger partial charge >= 0.3 is 0 Å². The summed E-state index contributed by atoms with van der Waals surface area (Å²) >= 11 is 1.81. The van der Waals surface area contributed by atoms with Crippen molar-refractivity contribution < 1.29 is 0 Å². The Morgan fingerprint density at radius 1 is 1.09 bits per heavy atom. The summed E-state index contributed by atoms with van der Waals surface area (Å²) in [5, 5.41) is 6.75. The van der Waals surface area contributed by atoms with E-state index < -0.39 is 0 Å². The largest absolute Gasteiger partial charge is 0.387 e. The summed E-state index contributed by atoms with van der Waals surface area (Å²) in [5.74, 6) is 0. The first-order chi connectivity index (χ1) is 10.8. The van der Waals surface area contributed by atoms with Crippen LogP contribution in [-0.4, -0.2) is 33.2 Å². The van der Waals surface area contributed by atoms with Crippen molar-refractivity contribution in [1.29, 1.82) is 0 Å². The molecule has 0 amide bonds. The molecule has 3 nitrogen and oxygen atoms in total. The summed E-state index contributed by atoms with van der Waals surface area (Å²) in [6.07, 6.45) is 0. The highest BCUT2D eigenvalue weighted by molar-refractivity contribution is 7.99. The van der Waals surface area contributed by atoms with Gasteiger partial charge in [-0.3, -0.25) is 0 Å². The molecule has 1 fully saturated rings. The van der Waals surface area contributed by atoms with E-state index in [0.29, 0.717) is 0 Å². The van der Waals surface area contributed by atoms with Crippen LogP contribution in [-0.2, 0) is 0 Å². The minimum absolute atomic E-state index is 1.06. The molecule has 1 aliphatic rings. The lowest BCUT2D eigenvalue weighted by atomic mass is 10.2. The van der Waals surface area contributed by atoms with E-state index >= 15 is 0 Å². The van der Waals surface area contributed by atoms with Crippen LogP contribution in [0.4, 0.5) is 11.4 Å². The molecule has 0 atom stereocenters. The fraction of sp³-hybridized carbons (Fsp3) is 0.333. The maximum absolute atomic E-state index is 3.40. The Kier molecular flexibility index (Phi) is 4.90. The molecule has 1 saturated heterocycles. The second-order valence-electron chi connectivity index (χ2n) is 5.59. The average molecular weight is 313 g/mol. The molecule has 0 radical (unpaired) electrons. The Bertz CT molecular complexity index is 636. The van der Waals surface area contributed by atoms with Crippen molar-refractivity contribution in [3.05, 3.63) is 48.0 Å². The van der Waals surface area contributed by atoms with Gasteiger partial charge in [-0.1, -0.05) is 29.5 Å². The summed E-state index contributed by atoms with van der Waals surface area (Å²) in [7, 11) is 2.00. The lowest BCUT2D eigenvalue weighted by Gasteiger charge is -2.30. The second kappa shape index (κ2) is 7.07. The van der Waals surface area contributed by atoms with Gasteiger partial charge in [0.2, 0.25) is 0 Å². The zero-order chi connectivity index (χ0) is 15.4. The number of aryl methyl sites for hydroxylation is 1. The Balaban J connectivity index is 1.82. The molecular weight excluding hydrogens is 290 g/mol. The van der Waals surface area contributed by atoms with E-state index in [2.05, 4.69) is 64.9 Å². The summed E-state index contributed by atoms with van der Waals surface area (Å²) in [6.45, 7) is 6.42. The van der Waals surface area contributed by atoms with Crippen LogP contribution in [0, 0.1) is 6.92 Å². The number of benzene rings is 2. The van der Waals surface area contributed by atoms with Crippen LogP contribution in [0.1, 0.15) is 5.56 Å². The first kappa shape index (κ1) is 15.3. The summed E-state index contributed by atoms with van der Waals surface area (Å²) in [5.41, 5.74) is 3.80. The lowest BCUT2D eigenvalue weighted by Crippen LogP contribution is -2.43. The normalized spacial score (nSPS) is 14.9. The van der Waals surface area contributed by atoms with Crippen LogP contribution < -0.4 is 15.5 Å². The number of hydrogen-bond donors (Lipinski definition) is 2. The third-order valence-electron chi connectivity index (χ3n) is 3.93. The van der Waals surface area contributed by atoms with Crippen molar-refractivity contribution in [2.45, 2.75) is 16.7 Å². The molecule has 1 heterocycles. The number of nitrogens with zero attached hydrogens (tertiary/aromatic N) is 1. The number of piperazine rings is 1. The molecule has 0 spiro atoms. The van der Waals surface area contributed by atoms with Crippen LogP contribution in [0.3, 0.4) is 0 Å². The maximum Gasteiger partial charge on any atom is 0.0500 e. The summed E-state index contributed by atoms with van der Waals surface area (Å²) in [4.78, 5) is 5.00. The first-order valence-corrected chi connectivity index (χ1v) is 8.60. The second-order valence-corrected chi connectivity index (χ2v) is 6.70. The Hall–Kier alpha value is -1.65. The predicted molar refractivity (Wildman–Crippen MR) is 96.4 cm³/mol. The van der Waals surface area contributed by atoms with Crippen molar-refractivity contribution in [2.75, 3.05) is 43.4 Å². The minimum Gasteiger partial charge on any atom is -0.387 e. The van der Waals surface area contributed by atoms with Crippen molar-refractivity contribution in [3.63, 3.8) is 0 Å². The molecule has 0 saturated carbocycles. The molecule has 0 aromatic heterocycles. The van der Waals surface area contributed by atoms with E-state index in [1.165, 1.54) is 26.7 Å². The smallest absolute Gasteiger partial charge is 0.0500 e. The quantitative estimate of drug-likeness (QED) is 0.902. The molecular formula is C18H23N3S. The van der Waals surface area contributed by atoms with E-state index in [1.54, 1.807) is 0 Å². The molecule has 3 rings (SSSR count). The average Bonchev–Trinajstić information content (AvgIpc) is 2.56. The van der Waals surface area contributed by atoms with Gasteiger partial charge < -0.3 is 15.5 Å². The Morgan fingerprint density at radius 2 is 1.91 bits per heavy atom. The highest BCUT2D eigenvalue weighted by Crippen LogP contribution is 2.36. The van der Waals surface area contributed by atoms with Gasteiger partial charge in [0.15, 0.2) is 0 Å². The molecule has 1 aliphatic heterocycles. The van der Waals surface area contributed by atoms with Crippen LogP contribution in [0.2, 0.25) is 0 Å². The third-order valence-corrected chi connectivity index (χ3v) is 5.00. The van der Waals surface area contributed by atoms with Gasteiger partial charge in [-0.15, -0.1) is 0 Å². The zero-order valence-electron chi connectivity index (χ0n) is 13.2. The fourth-order valence-electron chi connectivity index (χ4n) is 2.73. The molecule has 0 unspecified atom stereocenters. The van der Waals surface area contributed by atoms with Gasteiger partial charge in [0, 0.05) is 54.4 Å². The molecule has 4 heteroatoms. The predicted octanol–water partition coefficient (Wildman–Crippen LogP) is 3.60. The van der Waals surface area contributed by atoms with Gasteiger partial charge in [-0.2, -0.15) is 0 Å². The molecule has 22 heavy (non-hydrogen) atoms. The lowest BCUT2D eigenvalue weighted by molar-refractivity contribution is 0.589. The Labute approximate surface area is 137 Å². The van der Waals surface area contributed by atoms with E-state index in [-0.39, 0.29) is 0 Å². The zero-order valence-corrected chi connectivity index (χ0v) is 14.0. The summed E-state index contributed by atoms with van der Waals surface area (Å²) < 4.78 is 0. The Morgan fingerprint density at radius 3 is 2.64 bits per heavy atom. The van der Waals surface area contributed by atoms with E-state index in [0.717, 1.165) is 26.2 Å². The van der Waals surface area contributed by atoms with Gasteiger partial charge in [0.1, 0.15) is 0 Å². The fourth-order valence-corrected chi connectivity index (χ4v) is 3.78. The van der Waals surface area contributed by atoms with Crippen molar-refractivity contribution >= 4 is 23.1 Å². The third kappa shape index (κ3) is 3.57. The van der Waals surface area contributed by atoms with Gasteiger partial charge in [-0.25, -0.2) is 0 Å². The molecule has 2 aromatic rings. The van der Waals surface area contributed by atoms with E-state index in [1.807, 2.05) is 18.8 Å². The van der Waals surface area contributed by atoms with Gasteiger partial charge in [0.05, 0.1) is 0 Å². The summed E-state index contributed by atoms with van der Waals surface area (Å²) in [6, 6.07) is 15.4. The highest BCUT2D eigenvalue weighted by atomic mass is 32.2.